The van der Waals surface area contributed by atoms with Crippen LogP contribution >= 0.6 is 23.5 Å². The zero-order valence-electron chi connectivity index (χ0n) is 10.5. The summed E-state index contributed by atoms with van der Waals surface area (Å²) in [7, 11) is 0. The predicted molar refractivity (Wildman–Crippen MR) is 78.7 cm³/mol. The summed E-state index contributed by atoms with van der Waals surface area (Å²) in [6.07, 6.45) is 4.01. The van der Waals surface area contributed by atoms with Crippen LogP contribution in [0.1, 0.15) is 18.5 Å². The molecule has 0 radical (unpaired) electrons. The van der Waals surface area contributed by atoms with E-state index in [0.717, 1.165) is 5.75 Å². The Labute approximate surface area is 112 Å². The first kappa shape index (κ1) is 14.5. The number of rotatable bonds is 6. The van der Waals surface area contributed by atoms with Gasteiger partial charge in [-0.25, -0.2) is 0 Å². The van der Waals surface area contributed by atoms with Crippen molar-refractivity contribution in [1.29, 1.82) is 0 Å². The van der Waals surface area contributed by atoms with Crippen molar-refractivity contribution in [3.8, 4) is 0 Å². The average Bonchev–Trinajstić information content (AvgIpc) is 2.38. The first-order valence-corrected chi connectivity index (χ1v) is 8.24. The van der Waals surface area contributed by atoms with Crippen LogP contribution in [-0.2, 0) is 4.79 Å². The van der Waals surface area contributed by atoms with E-state index in [1.54, 1.807) is 23.5 Å². The normalized spacial score (nSPS) is 14.1. The Bertz CT molecular complexity index is 343. The Morgan fingerprint density at radius 2 is 1.94 bits per heavy atom. The lowest BCUT2D eigenvalue weighted by atomic mass is 10.1. The van der Waals surface area contributed by atoms with Crippen molar-refractivity contribution >= 4 is 29.4 Å². The number of hydrogen-bond acceptors (Lipinski definition) is 3. The Morgan fingerprint density at radius 1 is 1.29 bits per heavy atom. The van der Waals surface area contributed by atoms with Crippen LogP contribution in [0.5, 0.6) is 0 Å². The molecule has 0 spiro atoms. The third-order valence-corrected chi connectivity index (χ3v) is 4.16. The molecule has 17 heavy (non-hydrogen) atoms. The molecule has 0 unspecified atom stereocenters. The molecule has 1 aromatic carbocycles. The molecule has 2 nitrogen and oxygen atoms in total. The van der Waals surface area contributed by atoms with E-state index in [-0.39, 0.29) is 17.2 Å². The number of carbonyl (C=O) groups excluding carboxylic acids is 1. The van der Waals surface area contributed by atoms with Gasteiger partial charge in [-0.05, 0) is 25.0 Å². The van der Waals surface area contributed by atoms with Gasteiger partial charge in [-0.3, -0.25) is 4.79 Å². The van der Waals surface area contributed by atoms with E-state index in [1.165, 1.54) is 5.56 Å². The minimum atomic E-state index is 0.00284. The molecular weight excluding hydrogens is 250 g/mol. The molecule has 0 aromatic heterocycles. The molecular formula is C13H19NOS2. The van der Waals surface area contributed by atoms with Crippen molar-refractivity contribution < 1.29 is 4.79 Å². The molecule has 4 heteroatoms. The molecule has 1 amide bonds. The number of hydrogen-bond donors (Lipinski definition) is 1. The van der Waals surface area contributed by atoms with Crippen LogP contribution in [0, 0.1) is 0 Å². The van der Waals surface area contributed by atoms with Crippen LogP contribution in [0.3, 0.4) is 0 Å². The monoisotopic (exact) mass is 269 g/mol. The van der Waals surface area contributed by atoms with Gasteiger partial charge < -0.3 is 5.32 Å². The summed E-state index contributed by atoms with van der Waals surface area (Å²) in [5.41, 5.74) is 1.17. The molecule has 0 aliphatic carbocycles. The largest absolute Gasteiger partial charge is 0.348 e. The Balaban J connectivity index is 2.70. The molecule has 0 fully saturated rings. The second kappa shape index (κ2) is 7.67. The highest BCUT2D eigenvalue weighted by Gasteiger charge is 2.17. The number of thioether (sulfide) groups is 2. The van der Waals surface area contributed by atoms with Crippen LogP contribution < -0.4 is 5.32 Å². The van der Waals surface area contributed by atoms with Gasteiger partial charge in [0.25, 0.3) is 0 Å². The molecule has 0 saturated carbocycles. The van der Waals surface area contributed by atoms with E-state index in [1.807, 2.05) is 31.4 Å². The number of carbonyl (C=O) groups is 1. The number of benzene rings is 1. The van der Waals surface area contributed by atoms with E-state index in [4.69, 9.17) is 0 Å². The molecule has 0 aliphatic rings. The molecule has 0 aliphatic heterocycles. The van der Waals surface area contributed by atoms with Crippen molar-refractivity contribution in [2.45, 2.75) is 18.2 Å². The maximum Gasteiger partial charge on any atom is 0.233 e. The van der Waals surface area contributed by atoms with E-state index in [2.05, 4.69) is 23.7 Å². The zero-order valence-corrected chi connectivity index (χ0v) is 12.1. The fraction of sp³-hybridized carbons (Fsp3) is 0.462. The van der Waals surface area contributed by atoms with Crippen molar-refractivity contribution in [1.82, 2.24) is 5.32 Å². The Morgan fingerprint density at radius 3 is 2.47 bits per heavy atom. The highest BCUT2D eigenvalue weighted by molar-refractivity contribution is 7.99. The van der Waals surface area contributed by atoms with Crippen LogP contribution in [-0.4, -0.2) is 29.4 Å². The zero-order chi connectivity index (χ0) is 12.7. The summed E-state index contributed by atoms with van der Waals surface area (Å²) in [4.78, 5) is 11.9. The minimum Gasteiger partial charge on any atom is -0.348 e. The lowest BCUT2D eigenvalue weighted by molar-refractivity contribution is -0.120. The lowest BCUT2D eigenvalue weighted by Crippen LogP contribution is -2.35. The van der Waals surface area contributed by atoms with Gasteiger partial charge >= 0.3 is 0 Å². The minimum absolute atomic E-state index is 0.00284. The van der Waals surface area contributed by atoms with Crippen molar-refractivity contribution in [3.63, 3.8) is 0 Å². The van der Waals surface area contributed by atoms with Crippen LogP contribution in [0.15, 0.2) is 30.3 Å². The quantitative estimate of drug-likeness (QED) is 0.861. The topological polar surface area (TPSA) is 29.1 Å². The molecule has 1 N–H and O–H groups in total. The van der Waals surface area contributed by atoms with Crippen LogP contribution in [0.4, 0.5) is 0 Å². The molecule has 2 atom stereocenters. The van der Waals surface area contributed by atoms with Crippen molar-refractivity contribution in [2.24, 2.45) is 0 Å². The summed E-state index contributed by atoms with van der Waals surface area (Å²) >= 11 is 3.31. The van der Waals surface area contributed by atoms with Gasteiger partial charge in [0.2, 0.25) is 5.91 Å². The van der Waals surface area contributed by atoms with Gasteiger partial charge in [0.1, 0.15) is 0 Å². The summed E-state index contributed by atoms with van der Waals surface area (Å²) < 4.78 is 0. The van der Waals surface area contributed by atoms with E-state index < -0.39 is 0 Å². The molecule has 1 rings (SSSR count). The third kappa shape index (κ3) is 4.64. The van der Waals surface area contributed by atoms with Gasteiger partial charge in [0, 0.05) is 5.75 Å². The first-order valence-electron chi connectivity index (χ1n) is 5.56. The second-order valence-electron chi connectivity index (χ2n) is 3.81. The van der Waals surface area contributed by atoms with E-state index in [0.29, 0.717) is 0 Å². The molecule has 0 heterocycles. The fourth-order valence-corrected chi connectivity index (χ4v) is 2.36. The van der Waals surface area contributed by atoms with E-state index in [9.17, 15) is 4.79 Å². The molecule has 0 bridgehead atoms. The van der Waals surface area contributed by atoms with Gasteiger partial charge in [-0.15, -0.1) is 0 Å². The summed E-state index contributed by atoms with van der Waals surface area (Å²) in [5.74, 6) is 1.01. The predicted octanol–water partition coefficient (Wildman–Crippen LogP) is 2.96. The van der Waals surface area contributed by atoms with Crippen LogP contribution in [0.25, 0.3) is 0 Å². The standard InChI is InChI=1S/C13H19NOS2/c1-10(17-3)13(15)14-12(9-16-2)11-7-5-4-6-8-11/h4-8,10,12H,9H2,1-3H3,(H,14,15)/t10-,12+/m0/s1. The molecule has 0 saturated heterocycles. The first-order chi connectivity index (χ1) is 8.19. The van der Waals surface area contributed by atoms with Gasteiger partial charge in [-0.1, -0.05) is 30.3 Å². The van der Waals surface area contributed by atoms with Crippen molar-refractivity contribution in [2.75, 3.05) is 18.3 Å². The third-order valence-electron chi connectivity index (χ3n) is 2.57. The number of amides is 1. The maximum atomic E-state index is 11.9. The Hall–Kier alpha value is -0.610. The van der Waals surface area contributed by atoms with Gasteiger partial charge in [-0.2, -0.15) is 23.5 Å². The maximum absolute atomic E-state index is 11.9. The van der Waals surface area contributed by atoms with E-state index >= 15 is 0 Å². The summed E-state index contributed by atoms with van der Waals surface area (Å²) in [6, 6.07) is 10.2. The van der Waals surface area contributed by atoms with Gasteiger partial charge in [0.05, 0.1) is 11.3 Å². The fourth-order valence-electron chi connectivity index (χ4n) is 1.47. The second-order valence-corrected chi connectivity index (χ2v) is 5.89. The average molecular weight is 269 g/mol. The molecule has 94 valence electrons. The SMILES string of the molecule is CSC[C@@H](NC(=O)[C@H](C)SC)c1ccccc1. The Kier molecular flexibility index (Phi) is 6.52. The van der Waals surface area contributed by atoms with Crippen LogP contribution in [0.2, 0.25) is 0 Å². The highest BCUT2D eigenvalue weighted by atomic mass is 32.2. The van der Waals surface area contributed by atoms with Crippen molar-refractivity contribution in [3.05, 3.63) is 35.9 Å². The summed E-state index contributed by atoms with van der Waals surface area (Å²) in [6.45, 7) is 1.93. The van der Waals surface area contributed by atoms with Gasteiger partial charge in [0.15, 0.2) is 0 Å². The number of nitrogens with one attached hydrogen (secondary N) is 1. The molecule has 1 aromatic rings. The summed E-state index contributed by atoms with van der Waals surface area (Å²) in [5, 5.41) is 3.11. The lowest BCUT2D eigenvalue weighted by Gasteiger charge is -2.20. The smallest absolute Gasteiger partial charge is 0.233 e. The highest BCUT2D eigenvalue weighted by Crippen LogP contribution is 2.18.